The molecule has 0 saturated carbocycles. The third-order valence-electron chi connectivity index (χ3n) is 4.19. The van der Waals surface area contributed by atoms with Gasteiger partial charge in [-0.05, 0) is 42.9 Å². The Balaban J connectivity index is 1.56. The Bertz CT molecular complexity index is 885. The van der Waals surface area contributed by atoms with E-state index in [0.717, 1.165) is 31.2 Å². The molecular weight excluding hydrogens is 372 g/mol. The third-order valence-corrected chi connectivity index (χ3v) is 5.77. The molecule has 1 aliphatic rings. The maximum Gasteiger partial charge on any atom is 0.310 e. The summed E-state index contributed by atoms with van der Waals surface area (Å²) in [5, 5.41) is 13.1. The second-order valence-corrected chi connectivity index (χ2v) is 7.52. The van der Waals surface area contributed by atoms with E-state index in [0.29, 0.717) is 21.2 Å². The lowest BCUT2D eigenvalue weighted by Crippen LogP contribution is -2.21. The summed E-state index contributed by atoms with van der Waals surface area (Å²) in [4.78, 5) is 25.2. The van der Waals surface area contributed by atoms with Crippen LogP contribution in [0.4, 0.5) is 5.00 Å². The topological polar surface area (TPSA) is 79.2 Å². The number of rotatable bonds is 5. The molecular formula is C19H17ClN2O3S. The lowest BCUT2D eigenvalue weighted by Gasteiger charge is -2.09. The molecule has 7 heteroatoms. The number of hydrogen-bond donors (Lipinski definition) is 1. The molecule has 1 heterocycles. The number of nitrogens with one attached hydrogen (secondary N) is 1. The number of anilines is 1. The van der Waals surface area contributed by atoms with Crippen molar-refractivity contribution in [2.75, 3.05) is 11.9 Å². The van der Waals surface area contributed by atoms with Gasteiger partial charge in [-0.3, -0.25) is 9.59 Å². The largest absolute Gasteiger partial charge is 0.455 e. The minimum absolute atomic E-state index is 0.00367. The number of fused-ring (bicyclic) bond motifs is 1. The van der Waals surface area contributed by atoms with Crippen molar-refractivity contribution >= 4 is 39.8 Å². The fraction of sp³-hybridized carbons (Fsp3) is 0.316. The van der Waals surface area contributed by atoms with E-state index >= 15 is 0 Å². The smallest absolute Gasteiger partial charge is 0.310 e. The number of esters is 1. The number of thiophene rings is 1. The number of ether oxygens (including phenoxy) is 1. The molecule has 5 nitrogen and oxygen atoms in total. The van der Waals surface area contributed by atoms with Crippen LogP contribution in [0.1, 0.15) is 34.4 Å². The van der Waals surface area contributed by atoms with Gasteiger partial charge >= 0.3 is 5.97 Å². The number of hydrogen-bond acceptors (Lipinski definition) is 5. The second-order valence-electron chi connectivity index (χ2n) is 6.00. The lowest BCUT2D eigenvalue weighted by atomic mass is 9.96. The minimum Gasteiger partial charge on any atom is -0.455 e. The van der Waals surface area contributed by atoms with E-state index in [2.05, 4.69) is 11.4 Å². The maximum atomic E-state index is 12.1. The maximum absolute atomic E-state index is 12.1. The van der Waals surface area contributed by atoms with Crippen LogP contribution in [0.2, 0.25) is 5.02 Å². The SMILES string of the molecule is N#Cc1c(NC(=O)COC(=O)Cc2ccccc2Cl)sc2c1CCCC2. The molecule has 1 aliphatic carbocycles. The van der Waals surface area contributed by atoms with E-state index in [1.54, 1.807) is 24.3 Å². The first kappa shape index (κ1) is 18.4. The van der Waals surface area contributed by atoms with Crippen molar-refractivity contribution in [1.29, 1.82) is 5.26 Å². The predicted octanol–water partition coefficient (Wildman–Crippen LogP) is 3.88. The van der Waals surface area contributed by atoms with Gasteiger partial charge in [0.15, 0.2) is 6.61 Å². The molecule has 0 unspecified atom stereocenters. The Hall–Kier alpha value is -2.36. The van der Waals surface area contributed by atoms with Gasteiger partial charge in [-0.2, -0.15) is 5.26 Å². The summed E-state index contributed by atoms with van der Waals surface area (Å²) in [5.41, 5.74) is 2.24. The van der Waals surface area contributed by atoms with Crippen LogP contribution in [0.5, 0.6) is 0 Å². The van der Waals surface area contributed by atoms with E-state index < -0.39 is 18.5 Å². The van der Waals surface area contributed by atoms with E-state index in [1.165, 1.54) is 16.2 Å². The Morgan fingerprint density at radius 1 is 1.27 bits per heavy atom. The van der Waals surface area contributed by atoms with E-state index in [9.17, 15) is 14.9 Å². The molecule has 0 saturated heterocycles. The van der Waals surface area contributed by atoms with Gasteiger partial charge in [0.1, 0.15) is 11.1 Å². The number of aryl methyl sites for hydroxylation is 1. The van der Waals surface area contributed by atoms with Gasteiger partial charge in [0.25, 0.3) is 5.91 Å². The van der Waals surface area contributed by atoms with Crippen molar-refractivity contribution in [2.24, 2.45) is 0 Å². The van der Waals surface area contributed by atoms with Crippen LogP contribution in [0.3, 0.4) is 0 Å². The number of amides is 1. The van der Waals surface area contributed by atoms with Crippen LogP contribution in [-0.4, -0.2) is 18.5 Å². The average molecular weight is 389 g/mol. The van der Waals surface area contributed by atoms with Gasteiger partial charge < -0.3 is 10.1 Å². The van der Waals surface area contributed by atoms with Crippen LogP contribution >= 0.6 is 22.9 Å². The minimum atomic E-state index is -0.528. The Labute approximate surface area is 160 Å². The fourth-order valence-electron chi connectivity index (χ4n) is 2.93. The van der Waals surface area contributed by atoms with Gasteiger partial charge in [-0.15, -0.1) is 11.3 Å². The Kier molecular flexibility index (Phi) is 5.92. The van der Waals surface area contributed by atoms with E-state index in [4.69, 9.17) is 16.3 Å². The number of nitrogens with zero attached hydrogens (tertiary/aromatic N) is 1. The fourth-order valence-corrected chi connectivity index (χ4v) is 4.39. The summed E-state index contributed by atoms with van der Waals surface area (Å²) in [6.07, 6.45) is 3.98. The van der Waals surface area contributed by atoms with Crippen LogP contribution in [0.15, 0.2) is 24.3 Å². The van der Waals surface area contributed by atoms with Crippen molar-refractivity contribution in [3.05, 3.63) is 50.9 Å². The molecule has 1 amide bonds. The zero-order chi connectivity index (χ0) is 18.5. The van der Waals surface area contributed by atoms with Gasteiger partial charge in [-0.1, -0.05) is 29.8 Å². The highest BCUT2D eigenvalue weighted by Crippen LogP contribution is 2.37. The zero-order valence-electron chi connectivity index (χ0n) is 14.0. The molecule has 3 rings (SSSR count). The molecule has 0 aliphatic heterocycles. The molecule has 0 atom stereocenters. The lowest BCUT2D eigenvalue weighted by molar-refractivity contribution is -0.146. The second kappa shape index (κ2) is 8.35. The van der Waals surface area contributed by atoms with Crippen LogP contribution in [0.25, 0.3) is 0 Å². The summed E-state index contributed by atoms with van der Waals surface area (Å²) in [6, 6.07) is 9.17. The first-order chi connectivity index (χ1) is 12.6. The molecule has 1 aromatic heterocycles. The van der Waals surface area contributed by atoms with Crippen molar-refractivity contribution in [2.45, 2.75) is 32.1 Å². The highest BCUT2D eigenvalue weighted by molar-refractivity contribution is 7.16. The van der Waals surface area contributed by atoms with Gasteiger partial charge in [0.2, 0.25) is 0 Å². The number of halogens is 1. The summed E-state index contributed by atoms with van der Waals surface area (Å²) in [6.45, 7) is -0.392. The average Bonchev–Trinajstić information content (AvgIpc) is 2.99. The molecule has 0 radical (unpaired) electrons. The van der Waals surface area contributed by atoms with E-state index in [-0.39, 0.29) is 6.42 Å². The number of benzene rings is 1. The van der Waals surface area contributed by atoms with Crippen molar-refractivity contribution in [3.8, 4) is 6.07 Å². The van der Waals surface area contributed by atoms with Crippen molar-refractivity contribution in [3.63, 3.8) is 0 Å². The van der Waals surface area contributed by atoms with Crippen molar-refractivity contribution in [1.82, 2.24) is 0 Å². The highest BCUT2D eigenvalue weighted by atomic mass is 35.5. The zero-order valence-corrected chi connectivity index (χ0v) is 15.6. The highest BCUT2D eigenvalue weighted by Gasteiger charge is 2.22. The third kappa shape index (κ3) is 4.24. The Morgan fingerprint density at radius 2 is 2.04 bits per heavy atom. The van der Waals surface area contributed by atoms with Crippen LogP contribution < -0.4 is 5.32 Å². The quantitative estimate of drug-likeness (QED) is 0.788. The predicted molar refractivity (Wildman–Crippen MR) is 100 cm³/mol. The first-order valence-electron chi connectivity index (χ1n) is 8.32. The van der Waals surface area contributed by atoms with Crippen molar-refractivity contribution < 1.29 is 14.3 Å². The summed E-state index contributed by atoms with van der Waals surface area (Å²) in [5.74, 6) is -0.980. The molecule has 0 bridgehead atoms. The summed E-state index contributed by atoms with van der Waals surface area (Å²) in [7, 11) is 0. The van der Waals surface area contributed by atoms with E-state index in [1.807, 2.05) is 0 Å². The monoisotopic (exact) mass is 388 g/mol. The molecule has 1 N–H and O–H groups in total. The molecule has 26 heavy (non-hydrogen) atoms. The number of carbonyl (C=O) groups excluding carboxylic acids is 2. The number of carbonyl (C=O) groups is 2. The van der Waals surface area contributed by atoms with Crippen LogP contribution in [-0.2, 0) is 33.6 Å². The normalized spacial score (nSPS) is 12.8. The van der Waals surface area contributed by atoms with Gasteiger partial charge in [-0.25, -0.2) is 0 Å². The molecule has 0 spiro atoms. The van der Waals surface area contributed by atoms with Gasteiger partial charge in [0, 0.05) is 9.90 Å². The molecule has 2 aromatic rings. The summed E-state index contributed by atoms with van der Waals surface area (Å²) >= 11 is 7.45. The first-order valence-corrected chi connectivity index (χ1v) is 9.51. The standard InChI is InChI=1S/C19H17ClN2O3S/c20-15-7-3-1-5-12(15)9-18(24)25-11-17(23)22-19-14(10-21)13-6-2-4-8-16(13)26-19/h1,3,5,7H,2,4,6,8-9,11H2,(H,22,23). The molecule has 0 fully saturated rings. The van der Waals surface area contributed by atoms with Gasteiger partial charge in [0.05, 0.1) is 12.0 Å². The molecule has 1 aromatic carbocycles. The Morgan fingerprint density at radius 3 is 2.81 bits per heavy atom. The molecule has 134 valence electrons. The number of nitriles is 1. The summed E-state index contributed by atoms with van der Waals surface area (Å²) < 4.78 is 5.02. The van der Waals surface area contributed by atoms with Crippen LogP contribution in [0, 0.1) is 11.3 Å².